The number of rotatable bonds is 4. The van der Waals surface area contributed by atoms with Crippen molar-refractivity contribution >= 4 is 27.3 Å². The lowest BCUT2D eigenvalue weighted by Crippen LogP contribution is -2.38. The van der Waals surface area contributed by atoms with Crippen molar-refractivity contribution in [1.82, 2.24) is 4.90 Å². The summed E-state index contributed by atoms with van der Waals surface area (Å²) >= 11 is 0. The summed E-state index contributed by atoms with van der Waals surface area (Å²) in [6.45, 7) is 1.83. The third kappa shape index (κ3) is 3.97. The Kier molecular flexibility index (Phi) is 5.57. The molecule has 0 unspecified atom stereocenters. The second kappa shape index (κ2) is 8.55. The van der Waals surface area contributed by atoms with Crippen LogP contribution in [0.4, 0.5) is 5.69 Å². The number of carbonyl (C=O) groups is 2. The first-order valence-electron chi connectivity index (χ1n) is 11.1. The number of ether oxygens (including phenoxy) is 2. The van der Waals surface area contributed by atoms with Gasteiger partial charge in [0.05, 0.1) is 5.69 Å². The Balaban J connectivity index is 1.60. The number of Topliss-reactive ketones (excluding diaryl/α,β-unsaturated/α-hetero) is 2. The van der Waals surface area contributed by atoms with E-state index in [-0.39, 0.29) is 22.5 Å². The van der Waals surface area contributed by atoms with E-state index in [0.29, 0.717) is 37.8 Å². The molecular formula is C24H24N2O6S. The number of sulfonamides is 1. The van der Waals surface area contributed by atoms with Gasteiger partial charge in [-0.05, 0) is 25.0 Å². The molecule has 2 aromatic rings. The summed E-state index contributed by atoms with van der Waals surface area (Å²) in [4.78, 5) is 28.2. The van der Waals surface area contributed by atoms with Crippen molar-refractivity contribution in [3.05, 3.63) is 64.2 Å². The molecule has 0 spiro atoms. The van der Waals surface area contributed by atoms with Gasteiger partial charge >= 0.3 is 0 Å². The van der Waals surface area contributed by atoms with Crippen molar-refractivity contribution < 1.29 is 27.5 Å². The zero-order chi connectivity index (χ0) is 23.0. The average molecular weight is 469 g/mol. The minimum Gasteiger partial charge on any atom is -0.486 e. The molecule has 0 radical (unpaired) electrons. The fourth-order valence-electron chi connectivity index (χ4n) is 4.48. The number of allylic oxidation sites excluding steroid dienone is 2. The van der Waals surface area contributed by atoms with Crippen LogP contribution in [0, 0.1) is 0 Å². The normalized spacial score (nSPS) is 18.6. The summed E-state index contributed by atoms with van der Waals surface area (Å²) in [5.41, 5.74) is 0.523. The lowest BCUT2D eigenvalue weighted by molar-refractivity contribution is 0.0947. The number of nitrogens with zero attached hydrogens (tertiary/aromatic N) is 1. The molecule has 2 heterocycles. The van der Waals surface area contributed by atoms with Crippen LogP contribution in [0.3, 0.4) is 0 Å². The van der Waals surface area contributed by atoms with E-state index in [1.165, 1.54) is 12.1 Å². The number of anilines is 1. The van der Waals surface area contributed by atoms with Gasteiger partial charge in [-0.1, -0.05) is 37.1 Å². The maximum atomic E-state index is 13.6. The summed E-state index contributed by atoms with van der Waals surface area (Å²) in [5.74, 6) is -0.171. The van der Waals surface area contributed by atoms with Crippen molar-refractivity contribution in [3.8, 4) is 11.5 Å². The highest BCUT2D eigenvalue weighted by atomic mass is 32.2. The van der Waals surface area contributed by atoms with Crippen LogP contribution in [0.2, 0.25) is 0 Å². The highest BCUT2D eigenvalue weighted by Gasteiger charge is 2.41. The predicted molar refractivity (Wildman–Crippen MR) is 122 cm³/mol. The van der Waals surface area contributed by atoms with Crippen molar-refractivity contribution in [2.24, 2.45) is 0 Å². The van der Waals surface area contributed by atoms with E-state index in [4.69, 9.17) is 9.47 Å². The van der Waals surface area contributed by atoms with Gasteiger partial charge in [0, 0.05) is 30.3 Å². The highest BCUT2D eigenvalue weighted by Crippen LogP contribution is 2.36. The topological polar surface area (TPSA) is 102 Å². The second-order valence-corrected chi connectivity index (χ2v) is 9.87. The van der Waals surface area contributed by atoms with E-state index in [2.05, 4.69) is 4.72 Å². The fraction of sp³-hybridized carbons (Fsp3) is 0.333. The molecule has 33 heavy (non-hydrogen) atoms. The maximum Gasteiger partial charge on any atom is 0.268 e. The molecule has 2 aromatic carbocycles. The standard InChI is InChI=1S/C24H24N2O6S/c27-22-17-7-3-4-8-18(17)23(28)24(21(22)26-11-5-1-2-6-12-26)33(29,30)25-16-9-10-19-20(15-16)32-14-13-31-19/h3-4,7-10,15,25H,1-2,5-6,11-14H2. The lowest BCUT2D eigenvalue weighted by atomic mass is 9.91. The molecule has 9 heteroatoms. The van der Waals surface area contributed by atoms with Crippen LogP contribution in [0.15, 0.2) is 53.1 Å². The Hall–Kier alpha value is -3.33. The van der Waals surface area contributed by atoms with Crippen LogP contribution >= 0.6 is 0 Å². The molecule has 0 bridgehead atoms. The van der Waals surface area contributed by atoms with Crippen LogP contribution in [0.5, 0.6) is 11.5 Å². The summed E-state index contributed by atoms with van der Waals surface area (Å²) in [6.07, 6.45) is 3.66. The van der Waals surface area contributed by atoms with Gasteiger partial charge in [-0.3, -0.25) is 14.3 Å². The number of carbonyl (C=O) groups excluding carboxylic acids is 2. The van der Waals surface area contributed by atoms with Crippen molar-refractivity contribution in [3.63, 3.8) is 0 Å². The molecule has 172 valence electrons. The lowest BCUT2D eigenvalue weighted by Gasteiger charge is -2.30. The molecule has 1 N–H and O–H groups in total. The third-order valence-corrected chi connectivity index (χ3v) is 7.46. The number of hydrogen-bond acceptors (Lipinski definition) is 7. The Morgan fingerprint density at radius 1 is 0.788 bits per heavy atom. The van der Waals surface area contributed by atoms with Crippen LogP contribution in [0.25, 0.3) is 0 Å². The molecular weight excluding hydrogens is 444 g/mol. The van der Waals surface area contributed by atoms with Gasteiger partial charge in [0.2, 0.25) is 11.6 Å². The summed E-state index contributed by atoms with van der Waals surface area (Å²) in [7, 11) is -4.38. The first-order chi connectivity index (χ1) is 16.0. The molecule has 2 aliphatic heterocycles. The van der Waals surface area contributed by atoms with Crippen LogP contribution in [0.1, 0.15) is 46.4 Å². The van der Waals surface area contributed by atoms with Gasteiger partial charge in [-0.15, -0.1) is 0 Å². The first kappa shape index (κ1) is 21.5. The summed E-state index contributed by atoms with van der Waals surface area (Å²) in [5, 5.41) is 0. The van der Waals surface area contributed by atoms with Crippen LogP contribution in [-0.4, -0.2) is 51.2 Å². The van der Waals surface area contributed by atoms with E-state index in [9.17, 15) is 18.0 Å². The largest absolute Gasteiger partial charge is 0.486 e. The van der Waals surface area contributed by atoms with E-state index < -0.39 is 26.5 Å². The zero-order valence-corrected chi connectivity index (χ0v) is 18.8. The first-order valence-corrected chi connectivity index (χ1v) is 12.5. The second-order valence-electron chi connectivity index (χ2n) is 8.25. The number of nitrogens with one attached hydrogen (secondary N) is 1. The van der Waals surface area contributed by atoms with Crippen molar-refractivity contribution in [2.45, 2.75) is 25.7 Å². The Labute approximate surface area is 192 Å². The molecule has 0 atom stereocenters. The van der Waals surface area contributed by atoms with Crippen molar-refractivity contribution in [2.75, 3.05) is 31.0 Å². The van der Waals surface area contributed by atoms with Gasteiger partial charge in [-0.25, -0.2) is 8.42 Å². The van der Waals surface area contributed by atoms with Crippen LogP contribution in [-0.2, 0) is 10.0 Å². The van der Waals surface area contributed by atoms with Gasteiger partial charge in [0.15, 0.2) is 16.4 Å². The molecule has 3 aliphatic rings. The van der Waals surface area contributed by atoms with E-state index in [1.807, 2.05) is 0 Å². The molecule has 1 fully saturated rings. The Morgan fingerprint density at radius 3 is 2.12 bits per heavy atom. The Morgan fingerprint density at radius 2 is 1.42 bits per heavy atom. The number of ketones is 2. The predicted octanol–water partition coefficient (Wildman–Crippen LogP) is 3.37. The van der Waals surface area contributed by atoms with Crippen LogP contribution < -0.4 is 14.2 Å². The molecule has 0 saturated carbocycles. The van der Waals surface area contributed by atoms with E-state index in [0.717, 1.165) is 25.7 Å². The minimum absolute atomic E-state index is 0.0364. The number of benzene rings is 2. The summed E-state index contributed by atoms with van der Waals surface area (Å²) < 4.78 is 40.7. The SMILES string of the molecule is O=C1C(N2CCCCCC2)=C(S(=O)(=O)Nc2ccc3c(c2)OCCO3)C(=O)c2ccccc21. The Bertz CT molecular complexity index is 1260. The fourth-order valence-corrected chi connectivity index (χ4v) is 5.85. The number of hydrogen-bond donors (Lipinski definition) is 1. The van der Waals surface area contributed by atoms with Gasteiger partial charge in [0.1, 0.15) is 18.9 Å². The highest BCUT2D eigenvalue weighted by molar-refractivity contribution is 7.97. The van der Waals surface area contributed by atoms with Gasteiger partial charge < -0.3 is 14.4 Å². The van der Waals surface area contributed by atoms with E-state index in [1.54, 1.807) is 35.2 Å². The van der Waals surface area contributed by atoms with Gasteiger partial charge in [-0.2, -0.15) is 0 Å². The van der Waals surface area contributed by atoms with Crippen molar-refractivity contribution in [1.29, 1.82) is 0 Å². The molecule has 5 rings (SSSR count). The number of fused-ring (bicyclic) bond motifs is 2. The quantitative estimate of drug-likeness (QED) is 0.734. The average Bonchev–Trinajstić information content (AvgIpc) is 3.10. The molecule has 0 amide bonds. The smallest absolute Gasteiger partial charge is 0.268 e. The molecule has 1 aliphatic carbocycles. The third-order valence-electron chi connectivity index (χ3n) is 6.04. The molecule has 1 saturated heterocycles. The van der Waals surface area contributed by atoms with E-state index >= 15 is 0 Å². The molecule has 0 aromatic heterocycles. The molecule has 8 nitrogen and oxygen atoms in total. The summed E-state index contributed by atoms with van der Waals surface area (Å²) in [6, 6.07) is 11.0. The maximum absolute atomic E-state index is 13.6. The zero-order valence-electron chi connectivity index (χ0n) is 18.0. The monoisotopic (exact) mass is 468 g/mol. The van der Waals surface area contributed by atoms with Gasteiger partial charge in [0.25, 0.3) is 10.0 Å². The number of likely N-dealkylation sites (tertiary alicyclic amines) is 1. The minimum atomic E-state index is -4.38.